The number of aromatic carboxylic acids is 1. The SMILES string of the molecule is CCN(CCO)c1ccc(Cl)c(C(=O)O)n1. The molecule has 0 unspecified atom stereocenters. The molecule has 0 spiro atoms. The highest BCUT2D eigenvalue weighted by Crippen LogP contribution is 2.19. The first-order valence-corrected chi connectivity index (χ1v) is 5.23. The number of carbonyl (C=O) groups is 1. The number of aliphatic hydroxyl groups excluding tert-OH is 1. The minimum absolute atomic E-state index is 0.0133. The first-order chi connectivity index (χ1) is 7.60. The Morgan fingerprint density at radius 2 is 2.25 bits per heavy atom. The van der Waals surface area contributed by atoms with Crippen LogP contribution < -0.4 is 4.90 Å². The molecule has 0 atom stereocenters. The zero-order chi connectivity index (χ0) is 12.1. The second kappa shape index (κ2) is 5.67. The molecule has 0 saturated heterocycles. The number of rotatable bonds is 5. The van der Waals surface area contributed by atoms with Crippen LogP contribution in [-0.2, 0) is 0 Å². The summed E-state index contributed by atoms with van der Waals surface area (Å²) in [7, 11) is 0. The fourth-order valence-corrected chi connectivity index (χ4v) is 1.50. The minimum Gasteiger partial charge on any atom is -0.476 e. The number of hydrogen-bond donors (Lipinski definition) is 2. The van der Waals surface area contributed by atoms with Gasteiger partial charge in [0.05, 0.1) is 11.6 Å². The van der Waals surface area contributed by atoms with Crippen LogP contribution in [0.4, 0.5) is 5.82 Å². The van der Waals surface area contributed by atoms with Crippen molar-refractivity contribution in [3.63, 3.8) is 0 Å². The Labute approximate surface area is 98.3 Å². The van der Waals surface area contributed by atoms with Crippen molar-refractivity contribution in [2.24, 2.45) is 0 Å². The number of halogens is 1. The molecular formula is C10H13ClN2O3. The molecule has 0 saturated carbocycles. The van der Waals surface area contributed by atoms with Crippen LogP contribution >= 0.6 is 11.6 Å². The lowest BCUT2D eigenvalue weighted by molar-refractivity contribution is 0.0691. The molecule has 0 amide bonds. The summed E-state index contributed by atoms with van der Waals surface area (Å²) >= 11 is 5.70. The second-order valence-electron chi connectivity index (χ2n) is 3.11. The van der Waals surface area contributed by atoms with Gasteiger partial charge in [-0.1, -0.05) is 11.6 Å². The Morgan fingerprint density at radius 3 is 2.75 bits per heavy atom. The quantitative estimate of drug-likeness (QED) is 0.816. The molecule has 1 aromatic rings. The summed E-state index contributed by atoms with van der Waals surface area (Å²) in [4.78, 5) is 16.5. The lowest BCUT2D eigenvalue weighted by atomic mass is 10.3. The van der Waals surface area contributed by atoms with E-state index in [1.165, 1.54) is 6.07 Å². The smallest absolute Gasteiger partial charge is 0.356 e. The van der Waals surface area contributed by atoms with Gasteiger partial charge in [0, 0.05) is 13.1 Å². The van der Waals surface area contributed by atoms with Gasteiger partial charge in [0.2, 0.25) is 0 Å². The number of pyridine rings is 1. The number of carboxylic acid groups (broad SMARTS) is 1. The highest BCUT2D eigenvalue weighted by Gasteiger charge is 2.13. The Hall–Kier alpha value is -1.33. The van der Waals surface area contributed by atoms with Crippen molar-refractivity contribution >= 4 is 23.4 Å². The maximum Gasteiger partial charge on any atom is 0.356 e. The fourth-order valence-electron chi connectivity index (χ4n) is 1.31. The average molecular weight is 245 g/mol. The van der Waals surface area contributed by atoms with Crippen molar-refractivity contribution in [1.82, 2.24) is 4.98 Å². The maximum absolute atomic E-state index is 10.8. The van der Waals surface area contributed by atoms with Crippen molar-refractivity contribution < 1.29 is 15.0 Å². The summed E-state index contributed by atoms with van der Waals surface area (Å²) in [5, 5.41) is 17.8. The van der Waals surface area contributed by atoms with Crippen LogP contribution in [0.3, 0.4) is 0 Å². The predicted octanol–water partition coefficient (Wildman–Crippen LogP) is 1.25. The molecule has 1 aromatic heterocycles. The molecule has 0 bridgehead atoms. The Bertz CT molecular complexity index is 384. The first kappa shape index (κ1) is 12.7. The summed E-state index contributed by atoms with van der Waals surface area (Å²) in [6.45, 7) is 2.92. The van der Waals surface area contributed by atoms with Gasteiger partial charge in [-0.25, -0.2) is 9.78 Å². The van der Waals surface area contributed by atoms with Crippen molar-refractivity contribution in [1.29, 1.82) is 0 Å². The van der Waals surface area contributed by atoms with Gasteiger partial charge in [-0.2, -0.15) is 0 Å². The first-order valence-electron chi connectivity index (χ1n) is 4.85. The summed E-state index contributed by atoms with van der Waals surface area (Å²) in [5.41, 5.74) is -0.171. The van der Waals surface area contributed by atoms with E-state index in [2.05, 4.69) is 4.98 Å². The predicted molar refractivity (Wildman–Crippen MR) is 61.2 cm³/mol. The molecule has 6 heteroatoms. The number of likely N-dealkylation sites (N-methyl/N-ethyl adjacent to an activating group) is 1. The summed E-state index contributed by atoms with van der Waals surface area (Å²) < 4.78 is 0. The number of carboxylic acids is 1. The largest absolute Gasteiger partial charge is 0.476 e. The standard InChI is InChI=1S/C10H13ClN2O3/c1-2-13(5-6-14)8-4-3-7(11)9(12-8)10(15)16/h3-4,14H,2,5-6H2,1H3,(H,15,16). The zero-order valence-corrected chi connectivity index (χ0v) is 9.61. The number of aromatic nitrogens is 1. The Morgan fingerprint density at radius 1 is 1.56 bits per heavy atom. The molecular weight excluding hydrogens is 232 g/mol. The summed E-state index contributed by atoms with van der Waals surface area (Å²) in [6, 6.07) is 3.13. The number of hydrogen-bond acceptors (Lipinski definition) is 4. The van der Waals surface area contributed by atoms with Crippen LogP contribution in [-0.4, -0.2) is 40.9 Å². The molecule has 0 radical (unpaired) electrons. The summed E-state index contributed by atoms with van der Waals surface area (Å²) in [6.07, 6.45) is 0. The van der Waals surface area contributed by atoms with E-state index in [0.717, 1.165) is 0 Å². The van der Waals surface area contributed by atoms with E-state index < -0.39 is 5.97 Å². The van der Waals surface area contributed by atoms with E-state index in [4.69, 9.17) is 21.8 Å². The van der Waals surface area contributed by atoms with Crippen LogP contribution in [0, 0.1) is 0 Å². The maximum atomic E-state index is 10.8. The van der Waals surface area contributed by atoms with Crippen LogP contribution in [0.5, 0.6) is 0 Å². The monoisotopic (exact) mass is 244 g/mol. The van der Waals surface area contributed by atoms with Gasteiger partial charge in [-0.3, -0.25) is 0 Å². The van der Waals surface area contributed by atoms with Crippen molar-refractivity contribution in [2.75, 3.05) is 24.6 Å². The van der Waals surface area contributed by atoms with Crippen LogP contribution in [0.2, 0.25) is 5.02 Å². The van der Waals surface area contributed by atoms with Crippen LogP contribution in [0.1, 0.15) is 17.4 Å². The van der Waals surface area contributed by atoms with E-state index >= 15 is 0 Å². The van der Waals surface area contributed by atoms with Crippen molar-refractivity contribution in [2.45, 2.75) is 6.92 Å². The van der Waals surface area contributed by atoms with E-state index in [9.17, 15) is 4.79 Å². The molecule has 0 aliphatic rings. The molecule has 5 nitrogen and oxygen atoms in total. The molecule has 2 N–H and O–H groups in total. The second-order valence-corrected chi connectivity index (χ2v) is 3.52. The molecule has 1 heterocycles. The number of aliphatic hydroxyl groups is 1. The van der Waals surface area contributed by atoms with Crippen LogP contribution in [0.25, 0.3) is 0 Å². The van der Waals surface area contributed by atoms with Gasteiger partial charge >= 0.3 is 5.97 Å². The molecule has 16 heavy (non-hydrogen) atoms. The van der Waals surface area contributed by atoms with E-state index in [1.807, 2.05) is 6.92 Å². The van der Waals surface area contributed by atoms with Gasteiger partial charge in [-0.05, 0) is 19.1 Å². The molecule has 88 valence electrons. The van der Waals surface area contributed by atoms with Gasteiger partial charge < -0.3 is 15.1 Å². The van der Waals surface area contributed by atoms with Gasteiger partial charge in [-0.15, -0.1) is 0 Å². The molecule has 0 aliphatic carbocycles. The van der Waals surface area contributed by atoms with Crippen LogP contribution in [0.15, 0.2) is 12.1 Å². The molecule has 0 aliphatic heterocycles. The van der Waals surface area contributed by atoms with Crippen molar-refractivity contribution in [3.05, 3.63) is 22.8 Å². The minimum atomic E-state index is -1.16. The Balaban J connectivity index is 3.05. The fraction of sp³-hybridized carbons (Fsp3) is 0.400. The third kappa shape index (κ3) is 2.84. The molecule has 0 fully saturated rings. The molecule has 1 rings (SSSR count). The van der Waals surface area contributed by atoms with Gasteiger partial charge in [0.15, 0.2) is 5.69 Å². The average Bonchev–Trinajstić information content (AvgIpc) is 2.26. The van der Waals surface area contributed by atoms with E-state index in [1.54, 1.807) is 11.0 Å². The zero-order valence-electron chi connectivity index (χ0n) is 8.85. The third-order valence-electron chi connectivity index (χ3n) is 2.11. The highest BCUT2D eigenvalue weighted by molar-refractivity contribution is 6.33. The number of anilines is 1. The van der Waals surface area contributed by atoms with E-state index in [0.29, 0.717) is 18.9 Å². The number of nitrogens with zero attached hydrogens (tertiary/aromatic N) is 2. The topological polar surface area (TPSA) is 73.7 Å². The van der Waals surface area contributed by atoms with E-state index in [-0.39, 0.29) is 17.3 Å². The lowest BCUT2D eigenvalue weighted by Crippen LogP contribution is -2.27. The normalized spacial score (nSPS) is 10.2. The highest BCUT2D eigenvalue weighted by atomic mass is 35.5. The van der Waals surface area contributed by atoms with Gasteiger partial charge in [0.25, 0.3) is 0 Å². The third-order valence-corrected chi connectivity index (χ3v) is 2.41. The lowest BCUT2D eigenvalue weighted by Gasteiger charge is -2.21. The summed E-state index contributed by atoms with van der Waals surface area (Å²) in [5.74, 6) is -0.662. The molecule has 0 aromatic carbocycles. The van der Waals surface area contributed by atoms with Crippen molar-refractivity contribution in [3.8, 4) is 0 Å². The Kier molecular flexibility index (Phi) is 4.52. The van der Waals surface area contributed by atoms with Gasteiger partial charge in [0.1, 0.15) is 5.82 Å².